The molecule has 0 spiro atoms. The van der Waals surface area contributed by atoms with Gasteiger partial charge in [0.25, 0.3) is 0 Å². The van der Waals surface area contributed by atoms with Crippen molar-refractivity contribution >= 4 is 6.09 Å². The lowest BCUT2D eigenvalue weighted by molar-refractivity contribution is 0.0488. The lowest BCUT2D eigenvalue weighted by Gasteiger charge is -2.40. The molecule has 2 aliphatic rings. The number of amides is 1. The van der Waals surface area contributed by atoms with Gasteiger partial charge in [-0.2, -0.15) is 0 Å². The van der Waals surface area contributed by atoms with Gasteiger partial charge in [-0.05, 0) is 65.4 Å². The lowest BCUT2D eigenvalue weighted by Crippen LogP contribution is -2.45. The van der Waals surface area contributed by atoms with E-state index in [1.165, 1.54) is 12.8 Å². The number of hydrogen-bond donors (Lipinski definition) is 1. The van der Waals surface area contributed by atoms with E-state index in [0.29, 0.717) is 24.0 Å². The van der Waals surface area contributed by atoms with Crippen LogP contribution in [0.5, 0.6) is 0 Å². The zero-order valence-electron chi connectivity index (χ0n) is 21.6. The van der Waals surface area contributed by atoms with Crippen molar-refractivity contribution in [2.75, 3.05) is 6.54 Å². The minimum atomic E-state index is -0.512. The van der Waals surface area contributed by atoms with Crippen LogP contribution in [0, 0.1) is 6.92 Å². The first kappa shape index (κ1) is 24.7. The molecule has 0 aliphatic carbocycles. The molecule has 0 radical (unpaired) electrons. The number of rotatable bonds is 7. The number of ether oxygens (including phenoxy) is 1. The van der Waals surface area contributed by atoms with E-state index in [1.807, 2.05) is 39.0 Å². The van der Waals surface area contributed by atoms with Crippen LogP contribution in [0.25, 0.3) is 0 Å². The van der Waals surface area contributed by atoms with Crippen LogP contribution in [0.1, 0.15) is 102 Å². The van der Waals surface area contributed by atoms with Gasteiger partial charge in [-0.1, -0.05) is 44.2 Å². The van der Waals surface area contributed by atoms with E-state index in [9.17, 15) is 4.79 Å². The fraction of sp³-hybridized carbons (Fsp3) is 0.667. The molecule has 2 aromatic rings. The van der Waals surface area contributed by atoms with Crippen molar-refractivity contribution in [3.05, 3.63) is 47.5 Å². The second-order valence-corrected chi connectivity index (χ2v) is 11.3. The number of carbonyl (C=O) groups is 1. The van der Waals surface area contributed by atoms with E-state index >= 15 is 0 Å². The Balaban J connectivity index is 1.43. The van der Waals surface area contributed by atoms with Crippen LogP contribution in [0.3, 0.4) is 0 Å². The molecule has 4 rings (SSSR count). The Labute approximate surface area is 204 Å². The molecule has 3 heterocycles. The highest BCUT2D eigenvalue weighted by Gasteiger charge is 2.42. The summed E-state index contributed by atoms with van der Waals surface area (Å²) in [6.07, 6.45) is 5.29. The number of nitrogens with one attached hydrogen (secondary N) is 1. The SMILES string of the molecule is Cc1nnc(C(C)C)n1C1C[C@H]2CC[C@H](C1)N2CC[C@H](NC(=O)OC(C)(C)C)c1ccccc1. The lowest BCUT2D eigenvalue weighted by atomic mass is 9.95. The highest BCUT2D eigenvalue weighted by molar-refractivity contribution is 5.68. The normalized spacial score (nSPS) is 23.8. The van der Waals surface area contributed by atoms with E-state index in [4.69, 9.17) is 4.74 Å². The van der Waals surface area contributed by atoms with Crippen molar-refractivity contribution in [3.8, 4) is 0 Å². The van der Waals surface area contributed by atoms with E-state index in [2.05, 4.69) is 57.9 Å². The fourth-order valence-electron chi connectivity index (χ4n) is 5.79. The summed E-state index contributed by atoms with van der Waals surface area (Å²) in [7, 11) is 0. The summed E-state index contributed by atoms with van der Waals surface area (Å²) in [6, 6.07) is 11.8. The molecule has 1 N–H and O–H groups in total. The quantitative estimate of drug-likeness (QED) is 0.579. The molecule has 7 heteroatoms. The predicted octanol–water partition coefficient (Wildman–Crippen LogP) is 5.53. The number of aryl methyl sites for hydroxylation is 1. The molecule has 0 unspecified atom stereocenters. The zero-order valence-corrected chi connectivity index (χ0v) is 21.6. The molecule has 2 aliphatic heterocycles. The van der Waals surface area contributed by atoms with Crippen LogP contribution in [-0.2, 0) is 4.74 Å². The average Bonchev–Trinajstić information content (AvgIpc) is 3.26. The molecule has 186 valence electrons. The molecule has 0 saturated carbocycles. The molecular formula is C27H41N5O2. The van der Waals surface area contributed by atoms with Gasteiger partial charge in [0, 0.05) is 30.6 Å². The van der Waals surface area contributed by atoms with Crippen LogP contribution in [0.4, 0.5) is 4.79 Å². The Morgan fingerprint density at radius 3 is 2.32 bits per heavy atom. The van der Waals surface area contributed by atoms with E-state index < -0.39 is 5.60 Å². The molecular weight excluding hydrogens is 426 g/mol. The molecule has 2 fully saturated rings. The molecule has 1 amide bonds. The van der Waals surface area contributed by atoms with Gasteiger partial charge in [0.15, 0.2) is 0 Å². The summed E-state index contributed by atoms with van der Waals surface area (Å²) in [4.78, 5) is 15.3. The Hall–Kier alpha value is -2.41. The van der Waals surface area contributed by atoms with Crippen molar-refractivity contribution in [1.29, 1.82) is 0 Å². The van der Waals surface area contributed by atoms with Gasteiger partial charge in [0.2, 0.25) is 0 Å². The van der Waals surface area contributed by atoms with Crippen molar-refractivity contribution < 1.29 is 9.53 Å². The first-order valence-corrected chi connectivity index (χ1v) is 12.8. The fourth-order valence-corrected chi connectivity index (χ4v) is 5.79. The van der Waals surface area contributed by atoms with E-state index in [1.54, 1.807) is 0 Å². The molecule has 1 aromatic heterocycles. The van der Waals surface area contributed by atoms with Gasteiger partial charge in [-0.15, -0.1) is 10.2 Å². The van der Waals surface area contributed by atoms with Crippen molar-refractivity contribution in [3.63, 3.8) is 0 Å². The highest BCUT2D eigenvalue weighted by atomic mass is 16.6. The summed E-state index contributed by atoms with van der Waals surface area (Å²) in [6.45, 7) is 13.1. The molecule has 1 aromatic carbocycles. The van der Waals surface area contributed by atoms with Crippen LogP contribution in [0.15, 0.2) is 30.3 Å². The first-order valence-electron chi connectivity index (χ1n) is 12.8. The second-order valence-electron chi connectivity index (χ2n) is 11.3. The zero-order chi connectivity index (χ0) is 24.5. The number of carbonyl (C=O) groups excluding carboxylic acids is 1. The molecule has 7 nitrogen and oxygen atoms in total. The van der Waals surface area contributed by atoms with Crippen LogP contribution in [-0.4, -0.2) is 50.0 Å². The standard InChI is InChI=1S/C27H41N5O2/c1-18(2)25-30-29-19(3)32(25)23-16-21-12-13-22(17-23)31(21)15-14-24(20-10-8-7-9-11-20)28-26(33)34-27(4,5)6/h7-11,18,21-24H,12-17H2,1-6H3,(H,28,33)/t21-,22-,24+/m1/s1. The van der Waals surface area contributed by atoms with Gasteiger partial charge in [-0.3, -0.25) is 4.90 Å². The van der Waals surface area contributed by atoms with Gasteiger partial charge in [-0.25, -0.2) is 4.79 Å². The predicted molar refractivity (Wildman–Crippen MR) is 134 cm³/mol. The first-order chi connectivity index (χ1) is 16.1. The maximum atomic E-state index is 12.6. The largest absolute Gasteiger partial charge is 0.444 e. The Bertz CT molecular complexity index is 951. The van der Waals surface area contributed by atoms with Crippen LogP contribution < -0.4 is 5.32 Å². The number of hydrogen-bond acceptors (Lipinski definition) is 5. The smallest absolute Gasteiger partial charge is 0.408 e. The Kier molecular flexibility index (Phi) is 7.31. The third-order valence-electron chi connectivity index (χ3n) is 7.20. The number of aromatic nitrogens is 3. The third-order valence-corrected chi connectivity index (χ3v) is 7.20. The minimum Gasteiger partial charge on any atom is -0.444 e. The summed E-state index contributed by atoms with van der Waals surface area (Å²) < 4.78 is 7.96. The monoisotopic (exact) mass is 467 g/mol. The molecule has 3 atom stereocenters. The van der Waals surface area contributed by atoms with Crippen molar-refractivity contribution in [1.82, 2.24) is 25.0 Å². The van der Waals surface area contributed by atoms with Crippen molar-refractivity contribution in [2.45, 2.75) is 109 Å². The number of piperidine rings is 1. The maximum Gasteiger partial charge on any atom is 0.408 e. The highest BCUT2D eigenvalue weighted by Crippen LogP contribution is 2.42. The van der Waals surface area contributed by atoms with Gasteiger partial charge >= 0.3 is 6.09 Å². The number of fused-ring (bicyclic) bond motifs is 2. The molecule has 2 saturated heterocycles. The summed E-state index contributed by atoms with van der Waals surface area (Å²) in [5, 5.41) is 12.0. The van der Waals surface area contributed by atoms with E-state index in [-0.39, 0.29) is 12.1 Å². The minimum absolute atomic E-state index is 0.0687. The number of alkyl carbamates (subject to hydrolysis) is 1. The number of benzene rings is 1. The Morgan fingerprint density at radius 1 is 1.09 bits per heavy atom. The van der Waals surface area contributed by atoms with E-state index in [0.717, 1.165) is 43.0 Å². The van der Waals surface area contributed by atoms with Crippen LogP contribution >= 0.6 is 0 Å². The second kappa shape index (κ2) is 10.1. The Morgan fingerprint density at radius 2 is 1.74 bits per heavy atom. The maximum absolute atomic E-state index is 12.6. The van der Waals surface area contributed by atoms with Gasteiger partial charge < -0.3 is 14.6 Å². The van der Waals surface area contributed by atoms with Gasteiger partial charge in [0.1, 0.15) is 17.2 Å². The summed E-state index contributed by atoms with van der Waals surface area (Å²) in [5.74, 6) is 2.52. The summed E-state index contributed by atoms with van der Waals surface area (Å²) >= 11 is 0. The third kappa shape index (κ3) is 5.62. The average molecular weight is 468 g/mol. The summed E-state index contributed by atoms with van der Waals surface area (Å²) in [5.41, 5.74) is 0.610. The topological polar surface area (TPSA) is 72.3 Å². The molecule has 34 heavy (non-hydrogen) atoms. The van der Waals surface area contributed by atoms with Crippen LogP contribution in [0.2, 0.25) is 0 Å². The number of nitrogens with zero attached hydrogens (tertiary/aromatic N) is 4. The van der Waals surface area contributed by atoms with Crippen molar-refractivity contribution in [2.24, 2.45) is 0 Å². The van der Waals surface area contributed by atoms with Gasteiger partial charge in [0.05, 0.1) is 6.04 Å². The molecule has 2 bridgehead atoms.